The minimum absolute atomic E-state index is 0.0810. The molecule has 2 N–H and O–H groups in total. The number of nitrogens with two attached hydrogens (primary N) is 1. The van der Waals surface area contributed by atoms with Gasteiger partial charge in [0, 0.05) is 33.2 Å². The number of carbonyl (C=O) groups excluding carboxylic acids is 1. The van der Waals surface area contributed by atoms with Gasteiger partial charge in [0.15, 0.2) is 0 Å². The predicted octanol–water partition coefficient (Wildman–Crippen LogP) is 0.999. The molecule has 1 aliphatic rings. The Balaban J connectivity index is 2.23. The van der Waals surface area contributed by atoms with E-state index in [4.69, 9.17) is 10.5 Å². The number of carbonyl (C=O) groups is 1. The maximum Gasteiger partial charge on any atom is 0.222 e. The second-order valence-corrected chi connectivity index (χ2v) is 4.84. The van der Waals surface area contributed by atoms with Crippen LogP contribution in [-0.2, 0) is 9.53 Å². The number of hydrogen-bond acceptors (Lipinski definition) is 3. The normalized spacial score (nSPS) is 18.7. The first-order chi connectivity index (χ1) is 7.63. The fourth-order valence-electron chi connectivity index (χ4n) is 2.34. The largest absolute Gasteiger partial charge is 0.383 e. The molecule has 1 rings (SSSR count). The van der Waals surface area contributed by atoms with E-state index in [0.717, 1.165) is 0 Å². The Bertz CT molecular complexity index is 215. The van der Waals surface area contributed by atoms with Crippen LogP contribution in [0.25, 0.3) is 0 Å². The molecule has 0 saturated heterocycles. The van der Waals surface area contributed by atoms with Crippen LogP contribution < -0.4 is 5.73 Å². The van der Waals surface area contributed by atoms with E-state index in [9.17, 15) is 4.79 Å². The molecule has 16 heavy (non-hydrogen) atoms. The van der Waals surface area contributed by atoms with Crippen LogP contribution in [-0.4, -0.2) is 44.2 Å². The summed E-state index contributed by atoms with van der Waals surface area (Å²) in [6.45, 7) is 1.08. The second kappa shape index (κ2) is 6.86. The number of rotatable bonds is 6. The van der Waals surface area contributed by atoms with Crippen LogP contribution in [0.4, 0.5) is 0 Å². The maximum atomic E-state index is 11.9. The summed E-state index contributed by atoms with van der Waals surface area (Å²) in [5, 5.41) is 0. The lowest BCUT2D eigenvalue weighted by Crippen LogP contribution is -2.41. The van der Waals surface area contributed by atoms with E-state index in [1.54, 1.807) is 12.0 Å². The van der Waals surface area contributed by atoms with Gasteiger partial charge in [0.25, 0.3) is 0 Å². The van der Waals surface area contributed by atoms with Crippen molar-refractivity contribution < 1.29 is 9.53 Å². The van der Waals surface area contributed by atoms with Crippen LogP contribution in [0.3, 0.4) is 0 Å². The number of ether oxygens (including phenoxy) is 1. The third-order valence-electron chi connectivity index (χ3n) is 3.25. The highest BCUT2D eigenvalue weighted by Crippen LogP contribution is 2.27. The quantitative estimate of drug-likeness (QED) is 0.738. The molecular formula is C12H24N2O2. The SMILES string of the molecule is COCC(N)CN(C)C(=O)CC1CCCC1. The lowest BCUT2D eigenvalue weighted by molar-refractivity contribution is -0.131. The first-order valence-corrected chi connectivity index (χ1v) is 6.12. The fraction of sp³-hybridized carbons (Fsp3) is 0.917. The number of likely N-dealkylation sites (N-methyl/N-ethyl adjacent to an activating group) is 1. The van der Waals surface area contributed by atoms with E-state index in [0.29, 0.717) is 25.5 Å². The molecule has 0 bridgehead atoms. The zero-order chi connectivity index (χ0) is 12.0. The third-order valence-corrected chi connectivity index (χ3v) is 3.25. The summed E-state index contributed by atoms with van der Waals surface area (Å²) in [6, 6.07) is -0.0810. The highest BCUT2D eigenvalue weighted by Gasteiger charge is 2.21. The Labute approximate surface area is 98.1 Å². The Morgan fingerprint density at radius 3 is 2.69 bits per heavy atom. The van der Waals surface area contributed by atoms with E-state index in [1.807, 2.05) is 7.05 Å². The molecule has 0 aromatic carbocycles. The minimum Gasteiger partial charge on any atom is -0.383 e. The summed E-state index contributed by atoms with van der Waals surface area (Å²) >= 11 is 0. The van der Waals surface area contributed by atoms with Gasteiger partial charge in [-0.05, 0) is 18.8 Å². The van der Waals surface area contributed by atoms with Crippen molar-refractivity contribution in [1.82, 2.24) is 4.90 Å². The second-order valence-electron chi connectivity index (χ2n) is 4.84. The Hall–Kier alpha value is -0.610. The average molecular weight is 228 g/mol. The van der Waals surface area contributed by atoms with Gasteiger partial charge in [-0.15, -0.1) is 0 Å². The van der Waals surface area contributed by atoms with Crippen molar-refractivity contribution >= 4 is 5.91 Å². The molecular weight excluding hydrogens is 204 g/mol. The molecule has 1 atom stereocenters. The van der Waals surface area contributed by atoms with Crippen LogP contribution in [0.2, 0.25) is 0 Å². The van der Waals surface area contributed by atoms with Crippen LogP contribution in [0, 0.1) is 5.92 Å². The molecule has 1 unspecified atom stereocenters. The molecule has 1 fully saturated rings. The average Bonchev–Trinajstić information content (AvgIpc) is 2.70. The van der Waals surface area contributed by atoms with Gasteiger partial charge in [0.05, 0.1) is 6.61 Å². The van der Waals surface area contributed by atoms with Gasteiger partial charge in [-0.3, -0.25) is 4.79 Å². The summed E-state index contributed by atoms with van der Waals surface area (Å²) in [4.78, 5) is 13.6. The molecule has 0 spiro atoms. The van der Waals surface area contributed by atoms with E-state index < -0.39 is 0 Å². The molecule has 0 aromatic heterocycles. The highest BCUT2D eigenvalue weighted by atomic mass is 16.5. The highest BCUT2D eigenvalue weighted by molar-refractivity contribution is 5.76. The summed E-state index contributed by atoms with van der Waals surface area (Å²) < 4.78 is 4.95. The molecule has 1 aliphatic carbocycles. The van der Waals surface area contributed by atoms with Crippen molar-refractivity contribution in [1.29, 1.82) is 0 Å². The van der Waals surface area contributed by atoms with Gasteiger partial charge >= 0.3 is 0 Å². The van der Waals surface area contributed by atoms with Gasteiger partial charge in [-0.1, -0.05) is 12.8 Å². The Kier molecular flexibility index (Phi) is 5.77. The number of methoxy groups -OCH3 is 1. The van der Waals surface area contributed by atoms with Crippen molar-refractivity contribution in [2.45, 2.75) is 38.1 Å². The van der Waals surface area contributed by atoms with E-state index in [1.165, 1.54) is 25.7 Å². The predicted molar refractivity (Wildman–Crippen MR) is 64.1 cm³/mol. The first-order valence-electron chi connectivity index (χ1n) is 6.12. The maximum absolute atomic E-state index is 11.9. The van der Waals surface area contributed by atoms with Crippen molar-refractivity contribution in [3.8, 4) is 0 Å². The number of hydrogen-bond donors (Lipinski definition) is 1. The molecule has 0 heterocycles. The molecule has 0 aliphatic heterocycles. The summed E-state index contributed by atoms with van der Waals surface area (Å²) in [5.74, 6) is 0.826. The van der Waals surface area contributed by atoms with Crippen molar-refractivity contribution in [2.24, 2.45) is 11.7 Å². The van der Waals surface area contributed by atoms with Crippen LogP contribution in [0.1, 0.15) is 32.1 Å². The minimum atomic E-state index is -0.0810. The van der Waals surface area contributed by atoms with Gasteiger partial charge in [-0.25, -0.2) is 0 Å². The fourth-order valence-corrected chi connectivity index (χ4v) is 2.34. The first kappa shape index (κ1) is 13.5. The standard InChI is InChI=1S/C12H24N2O2/c1-14(8-11(13)9-16-2)12(15)7-10-5-3-4-6-10/h10-11H,3-9,13H2,1-2H3. The molecule has 1 saturated carbocycles. The van der Waals surface area contributed by atoms with E-state index in [2.05, 4.69) is 0 Å². The smallest absolute Gasteiger partial charge is 0.222 e. The zero-order valence-electron chi connectivity index (χ0n) is 10.4. The molecule has 1 amide bonds. The summed E-state index contributed by atoms with van der Waals surface area (Å²) in [6.07, 6.45) is 5.68. The molecule has 4 nitrogen and oxygen atoms in total. The summed E-state index contributed by atoms with van der Waals surface area (Å²) in [7, 11) is 3.45. The van der Waals surface area contributed by atoms with Crippen LogP contribution in [0.5, 0.6) is 0 Å². The lowest BCUT2D eigenvalue weighted by atomic mass is 10.0. The molecule has 4 heteroatoms. The number of nitrogens with zero attached hydrogens (tertiary/aromatic N) is 1. The Morgan fingerprint density at radius 2 is 2.12 bits per heavy atom. The van der Waals surface area contributed by atoms with Gasteiger partial charge in [0.1, 0.15) is 0 Å². The molecule has 0 radical (unpaired) electrons. The summed E-state index contributed by atoms with van der Waals surface area (Å²) in [5.41, 5.74) is 5.81. The van der Waals surface area contributed by atoms with Crippen molar-refractivity contribution in [3.05, 3.63) is 0 Å². The van der Waals surface area contributed by atoms with Crippen molar-refractivity contribution in [3.63, 3.8) is 0 Å². The zero-order valence-corrected chi connectivity index (χ0v) is 10.4. The van der Waals surface area contributed by atoms with Crippen LogP contribution >= 0.6 is 0 Å². The van der Waals surface area contributed by atoms with Crippen LogP contribution in [0.15, 0.2) is 0 Å². The monoisotopic (exact) mass is 228 g/mol. The van der Waals surface area contributed by atoms with Gasteiger partial charge in [-0.2, -0.15) is 0 Å². The lowest BCUT2D eigenvalue weighted by Gasteiger charge is -2.22. The number of amides is 1. The molecule has 0 aromatic rings. The van der Waals surface area contributed by atoms with E-state index in [-0.39, 0.29) is 11.9 Å². The van der Waals surface area contributed by atoms with Gasteiger partial charge < -0.3 is 15.4 Å². The Morgan fingerprint density at radius 1 is 1.50 bits per heavy atom. The topological polar surface area (TPSA) is 55.6 Å². The van der Waals surface area contributed by atoms with Crippen molar-refractivity contribution in [2.75, 3.05) is 27.3 Å². The van der Waals surface area contributed by atoms with E-state index >= 15 is 0 Å². The third kappa shape index (κ3) is 4.49. The molecule has 94 valence electrons. The van der Waals surface area contributed by atoms with Gasteiger partial charge in [0.2, 0.25) is 5.91 Å².